The first-order chi connectivity index (χ1) is 18.3. The van der Waals surface area contributed by atoms with Gasteiger partial charge in [-0.05, 0) is 64.1 Å². The molecule has 0 saturated carbocycles. The highest BCUT2D eigenvalue weighted by atomic mass is 14.7. The molecule has 6 rings (SSSR count). The highest BCUT2D eigenvalue weighted by molar-refractivity contribution is 5.90. The Morgan fingerprint density at radius 1 is 0.378 bits per heavy atom. The van der Waals surface area contributed by atoms with E-state index in [1.807, 2.05) is 6.07 Å². The highest BCUT2D eigenvalue weighted by Crippen LogP contribution is 2.40. The van der Waals surface area contributed by atoms with E-state index in [-0.39, 0.29) is 0 Å². The van der Waals surface area contributed by atoms with Gasteiger partial charge in [0.25, 0.3) is 0 Å². The fourth-order valence-corrected chi connectivity index (χ4v) is 4.98. The molecule has 1 aromatic heterocycles. The second kappa shape index (κ2) is 10.1. The fourth-order valence-electron chi connectivity index (χ4n) is 4.98. The summed E-state index contributed by atoms with van der Waals surface area (Å²) in [6.45, 7) is 2.20. The van der Waals surface area contributed by atoms with Gasteiger partial charge in [0.05, 0.1) is 11.4 Å². The number of hydrogen-bond donors (Lipinski definition) is 0. The summed E-state index contributed by atoms with van der Waals surface area (Å²) in [5.74, 6) is 0. The standard InChI is InChI=1S/C36H27N/c1-26-22-31(27-14-6-2-7-15-27)23-33(29-18-10-4-11-19-29)36(26)35-25-32(28-16-8-3-9-17-28)24-34(37-35)30-20-12-5-13-21-30/h2-25H,1H3. The molecule has 0 aliphatic heterocycles. The van der Waals surface area contributed by atoms with Gasteiger partial charge in [0.1, 0.15) is 0 Å². The topological polar surface area (TPSA) is 12.9 Å². The molecule has 0 fully saturated rings. The molecule has 0 N–H and O–H groups in total. The molecule has 0 saturated heterocycles. The van der Waals surface area contributed by atoms with Crippen LogP contribution in [0.1, 0.15) is 5.56 Å². The Balaban J connectivity index is 1.62. The lowest BCUT2D eigenvalue weighted by Gasteiger charge is -2.18. The van der Waals surface area contributed by atoms with Gasteiger partial charge < -0.3 is 0 Å². The van der Waals surface area contributed by atoms with Crippen molar-refractivity contribution in [2.45, 2.75) is 6.92 Å². The summed E-state index contributed by atoms with van der Waals surface area (Å²) in [5, 5.41) is 0. The van der Waals surface area contributed by atoms with Crippen LogP contribution in [0.2, 0.25) is 0 Å². The number of aromatic nitrogens is 1. The minimum atomic E-state index is 0.975. The van der Waals surface area contributed by atoms with Gasteiger partial charge in [0, 0.05) is 11.1 Å². The number of hydrogen-bond acceptors (Lipinski definition) is 1. The molecule has 0 amide bonds. The molecule has 0 aliphatic carbocycles. The number of nitrogens with zero attached hydrogens (tertiary/aromatic N) is 1. The third-order valence-electron chi connectivity index (χ3n) is 6.79. The van der Waals surface area contributed by atoms with Crippen LogP contribution >= 0.6 is 0 Å². The summed E-state index contributed by atoms with van der Waals surface area (Å²) in [6.07, 6.45) is 0. The van der Waals surface area contributed by atoms with Crippen LogP contribution in [0.5, 0.6) is 0 Å². The molecule has 5 aromatic carbocycles. The second-order valence-corrected chi connectivity index (χ2v) is 9.31. The van der Waals surface area contributed by atoms with Crippen LogP contribution in [0.3, 0.4) is 0 Å². The van der Waals surface area contributed by atoms with Gasteiger partial charge in [-0.3, -0.25) is 0 Å². The zero-order chi connectivity index (χ0) is 25.0. The fraction of sp³-hybridized carbons (Fsp3) is 0.0278. The third kappa shape index (κ3) is 4.72. The van der Waals surface area contributed by atoms with Gasteiger partial charge in [0.15, 0.2) is 0 Å². The summed E-state index contributed by atoms with van der Waals surface area (Å²) < 4.78 is 0. The number of aryl methyl sites for hydroxylation is 1. The van der Waals surface area contributed by atoms with Crippen LogP contribution < -0.4 is 0 Å². The zero-order valence-electron chi connectivity index (χ0n) is 20.8. The lowest BCUT2D eigenvalue weighted by atomic mass is 9.88. The maximum atomic E-state index is 5.25. The Bertz CT molecular complexity index is 1580. The smallest absolute Gasteiger partial charge is 0.0724 e. The van der Waals surface area contributed by atoms with Crippen molar-refractivity contribution in [3.8, 4) is 55.9 Å². The van der Waals surface area contributed by atoms with Crippen LogP contribution in [0, 0.1) is 6.92 Å². The van der Waals surface area contributed by atoms with Crippen LogP contribution in [0.15, 0.2) is 146 Å². The van der Waals surface area contributed by atoms with E-state index < -0.39 is 0 Å². The molecule has 0 bridgehead atoms. The molecule has 1 heterocycles. The quantitative estimate of drug-likeness (QED) is 0.243. The van der Waals surface area contributed by atoms with Crippen LogP contribution in [0.25, 0.3) is 55.9 Å². The molecule has 6 aromatic rings. The predicted molar refractivity (Wildman–Crippen MR) is 156 cm³/mol. The molecule has 0 unspecified atom stereocenters. The van der Waals surface area contributed by atoms with Crippen molar-refractivity contribution in [3.05, 3.63) is 151 Å². The van der Waals surface area contributed by atoms with Crippen molar-refractivity contribution < 1.29 is 0 Å². The monoisotopic (exact) mass is 473 g/mol. The Morgan fingerprint density at radius 3 is 1.35 bits per heavy atom. The van der Waals surface area contributed by atoms with Gasteiger partial charge in [-0.25, -0.2) is 4.98 Å². The predicted octanol–water partition coefficient (Wildman–Crippen LogP) is 9.73. The van der Waals surface area contributed by atoms with Crippen LogP contribution in [-0.2, 0) is 0 Å². The summed E-state index contributed by atoms with van der Waals surface area (Å²) in [7, 11) is 0. The Labute approximate surface area is 218 Å². The summed E-state index contributed by atoms with van der Waals surface area (Å²) in [4.78, 5) is 5.25. The van der Waals surface area contributed by atoms with E-state index >= 15 is 0 Å². The first kappa shape index (κ1) is 22.7. The Kier molecular flexibility index (Phi) is 6.19. The van der Waals surface area contributed by atoms with E-state index in [1.54, 1.807) is 0 Å². The third-order valence-corrected chi connectivity index (χ3v) is 6.79. The van der Waals surface area contributed by atoms with Gasteiger partial charge in [-0.15, -0.1) is 0 Å². The molecular formula is C36H27N. The first-order valence-electron chi connectivity index (χ1n) is 12.6. The average molecular weight is 474 g/mol. The van der Waals surface area contributed by atoms with Crippen molar-refractivity contribution >= 4 is 0 Å². The molecular weight excluding hydrogens is 446 g/mol. The van der Waals surface area contributed by atoms with E-state index in [0.29, 0.717) is 0 Å². The molecule has 0 radical (unpaired) electrons. The van der Waals surface area contributed by atoms with E-state index in [4.69, 9.17) is 4.98 Å². The number of pyridine rings is 1. The molecule has 1 nitrogen and oxygen atoms in total. The Morgan fingerprint density at radius 2 is 0.811 bits per heavy atom. The van der Waals surface area contributed by atoms with E-state index in [1.165, 1.54) is 38.9 Å². The Hall–Kier alpha value is -4.75. The van der Waals surface area contributed by atoms with Crippen molar-refractivity contribution in [2.75, 3.05) is 0 Å². The van der Waals surface area contributed by atoms with Crippen molar-refractivity contribution in [2.24, 2.45) is 0 Å². The van der Waals surface area contributed by atoms with Crippen LogP contribution in [0.4, 0.5) is 0 Å². The molecule has 0 spiro atoms. The lowest BCUT2D eigenvalue weighted by Crippen LogP contribution is -1.96. The van der Waals surface area contributed by atoms with E-state index in [9.17, 15) is 0 Å². The van der Waals surface area contributed by atoms with Gasteiger partial charge in [-0.1, -0.05) is 127 Å². The summed E-state index contributed by atoms with van der Waals surface area (Å²) >= 11 is 0. The first-order valence-corrected chi connectivity index (χ1v) is 12.6. The molecule has 0 atom stereocenters. The maximum Gasteiger partial charge on any atom is 0.0724 e. The second-order valence-electron chi connectivity index (χ2n) is 9.31. The van der Waals surface area contributed by atoms with Gasteiger partial charge in [0.2, 0.25) is 0 Å². The van der Waals surface area contributed by atoms with Crippen LogP contribution in [-0.4, -0.2) is 4.98 Å². The molecule has 0 aliphatic rings. The normalized spacial score (nSPS) is 10.8. The highest BCUT2D eigenvalue weighted by Gasteiger charge is 2.17. The van der Waals surface area contributed by atoms with Gasteiger partial charge in [-0.2, -0.15) is 0 Å². The molecule has 37 heavy (non-hydrogen) atoms. The van der Waals surface area contributed by atoms with E-state index in [0.717, 1.165) is 22.5 Å². The van der Waals surface area contributed by atoms with Crippen molar-refractivity contribution in [3.63, 3.8) is 0 Å². The summed E-state index contributed by atoms with van der Waals surface area (Å²) in [5.41, 5.74) is 12.6. The molecule has 1 heteroatoms. The number of benzene rings is 5. The van der Waals surface area contributed by atoms with Crippen molar-refractivity contribution in [1.29, 1.82) is 0 Å². The number of rotatable bonds is 5. The SMILES string of the molecule is Cc1cc(-c2ccccc2)cc(-c2ccccc2)c1-c1cc(-c2ccccc2)cc(-c2ccccc2)n1. The molecule has 176 valence electrons. The zero-order valence-corrected chi connectivity index (χ0v) is 20.8. The largest absolute Gasteiger partial charge is 0.248 e. The van der Waals surface area contributed by atoms with Gasteiger partial charge >= 0.3 is 0 Å². The maximum absolute atomic E-state index is 5.25. The lowest BCUT2D eigenvalue weighted by molar-refractivity contribution is 1.30. The van der Waals surface area contributed by atoms with E-state index in [2.05, 4.69) is 146 Å². The summed E-state index contributed by atoms with van der Waals surface area (Å²) in [6, 6.07) is 51.3. The average Bonchev–Trinajstić information content (AvgIpc) is 2.98. The van der Waals surface area contributed by atoms with Crippen molar-refractivity contribution in [1.82, 2.24) is 4.98 Å². The minimum Gasteiger partial charge on any atom is -0.248 e. The minimum absolute atomic E-state index is 0.975.